The molecule has 0 aliphatic carbocycles. The molecule has 0 saturated carbocycles. The minimum atomic E-state index is -0.256. The Labute approximate surface area is 125 Å². The molecule has 106 valence electrons. The Kier molecular flexibility index (Phi) is 3.53. The van der Waals surface area contributed by atoms with Gasteiger partial charge < -0.3 is 4.42 Å². The Morgan fingerprint density at radius 3 is 2.81 bits per heavy atom. The van der Waals surface area contributed by atoms with Gasteiger partial charge in [0.05, 0.1) is 4.88 Å². The number of amides is 1. The van der Waals surface area contributed by atoms with Gasteiger partial charge in [0.2, 0.25) is 0 Å². The zero-order valence-corrected chi connectivity index (χ0v) is 12.4. The van der Waals surface area contributed by atoms with Gasteiger partial charge in [-0.15, -0.1) is 16.4 Å². The Morgan fingerprint density at radius 2 is 2.10 bits per heavy atom. The fourth-order valence-corrected chi connectivity index (χ4v) is 2.65. The third-order valence-electron chi connectivity index (χ3n) is 3.00. The first-order valence-corrected chi connectivity index (χ1v) is 7.27. The molecule has 2 aromatic heterocycles. The Balaban J connectivity index is 1.79. The highest BCUT2D eigenvalue weighted by atomic mass is 32.1. The molecule has 1 N–H and O–H groups in total. The maximum atomic E-state index is 12.2. The van der Waals surface area contributed by atoms with E-state index in [2.05, 4.69) is 15.5 Å². The Morgan fingerprint density at radius 1 is 1.24 bits per heavy atom. The van der Waals surface area contributed by atoms with Crippen molar-refractivity contribution in [3.05, 3.63) is 52.4 Å². The molecule has 1 amide bonds. The number of nitrogens with one attached hydrogen (secondary N) is 1. The van der Waals surface area contributed by atoms with Gasteiger partial charge in [0.15, 0.2) is 0 Å². The van der Waals surface area contributed by atoms with E-state index < -0.39 is 0 Å². The molecule has 0 unspecified atom stereocenters. The summed E-state index contributed by atoms with van der Waals surface area (Å²) >= 11 is 1.50. The van der Waals surface area contributed by atoms with Gasteiger partial charge in [0, 0.05) is 5.56 Å². The zero-order chi connectivity index (χ0) is 14.8. The smallest absolute Gasteiger partial charge is 0.322 e. The molecule has 3 rings (SSSR count). The number of aryl methyl sites for hydroxylation is 2. The maximum absolute atomic E-state index is 12.2. The highest BCUT2D eigenvalue weighted by molar-refractivity contribution is 7.13. The highest BCUT2D eigenvalue weighted by Crippen LogP contribution is 2.24. The number of carbonyl (C=O) groups excluding carboxylic acids is 1. The molecule has 0 saturated heterocycles. The molecule has 21 heavy (non-hydrogen) atoms. The van der Waals surface area contributed by atoms with Crippen molar-refractivity contribution < 1.29 is 9.21 Å². The number of hydrogen-bond donors (Lipinski definition) is 1. The van der Waals surface area contributed by atoms with E-state index in [1.165, 1.54) is 11.3 Å². The summed E-state index contributed by atoms with van der Waals surface area (Å²) < 4.78 is 5.44. The number of nitrogens with zero attached hydrogens (tertiary/aromatic N) is 2. The van der Waals surface area contributed by atoms with E-state index in [9.17, 15) is 4.79 Å². The van der Waals surface area contributed by atoms with Gasteiger partial charge in [-0.05, 0) is 36.9 Å². The molecular weight excluding hydrogens is 286 g/mol. The lowest BCUT2D eigenvalue weighted by molar-refractivity contribution is 0.102. The number of anilines is 1. The van der Waals surface area contributed by atoms with Crippen molar-refractivity contribution >= 4 is 23.3 Å². The topological polar surface area (TPSA) is 68.0 Å². The molecule has 0 aliphatic rings. The largest absolute Gasteiger partial charge is 0.402 e. The van der Waals surface area contributed by atoms with Crippen LogP contribution >= 0.6 is 11.3 Å². The van der Waals surface area contributed by atoms with Crippen molar-refractivity contribution in [2.45, 2.75) is 13.8 Å². The molecule has 6 heteroatoms. The standard InChI is InChI=1S/C15H13N3O2S/c1-9-5-6-11(10(2)8-9)13(19)16-15-18-17-14(20-15)12-4-3-7-21-12/h3-8H,1-2H3,(H,16,18,19). The van der Waals surface area contributed by atoms with E-state index in [0.717, 1.165) is 16.0 Å². The predicted octanol–water partition coefficient (Wildman–Crippen LogP) is 3.67. The van der Waals surface area contributed by atoms with Crippen LogP contribution < -0.4 is 5.32 Å². The van der Waals surface area contributed by atoms with E-state index in [1.807, 2.05) is 43.5 Å². The van der Waals surface area contributed by atoms with Gasteiger partial charge in [-0.2, -0.15) is 0 Å². The fraction of sp³-hybridized carbons (Fsp3) is 0.133. The fourth-order valence-electron chi connectivity index (χ4n) is 2.01. The van der Waals surface area contributed by atoms with Crippen LogP contribution in [-0.2, 0) is 0 Å². The minimum Gasteiger partial charge on any atom is -0.402 e. The molecule has 0 spiro atoms. The molecule has 5 nitrogen and oxygen atoms in total. The number of aromatic nitrogens is 2. The second kappa shape index (κ2) is 5.49. The summed E-state index contributed by atoms with van der Waals surface area (Å²) in [7, 11) is 0. The number of thiophene rings is 1. The average molecular weight is 299 g/mol. The van der Waals surface area contributed by atoms with Crippen LogP contribution in [0.1, 0.15) is 21.5 Å². The van der Waals surface area contributed by atoms with Crippen LogP contribution in [0.25, 0.3) is 10.8 Å². The van der Waals surface area contributed by atoms with Crippen LogP contribution in [0.3, 0.4) is 0 Å². The summed E-state index contributed by atoms with van der Waals surface area (Å²) in [5.74, 6) is 0.148. The monoisotopic (exact) mass is 299 g/mol. The summed E-state index contributed by atoms with van der Waals surface area (Å²) in [4.78, 5) is 13.1. The number of hydrogen-bond acceptors (Lipinski definition) is 5. The normalized spacial score (nSPS) is 10.6. The zero-order valence-electron chi connectivity index (χ0n) is 11.6. The Hall–Kier alpha value is -2.47. The first-order chi connectivity index (χ1) is 10.1. The van der Waals surface area contributed by atoms with Gasteiger partial charge in [0.1, 0.15) is 0 Å². The minimum absolute atomic E-state index is 0.100. The van der Waals surface area contributed by atoms with Crippen molar-refractivity contribution in [2.75, 3.05) is 5.32 Å². The molecular formula is C15H13N3O2S. The molecule has 0 bridgehead atoms. The van der Waals surface area contributed by atoms with Gasteiger partial charge in [-0.3, -0.25) is 10.1 Å². The van der Waals surface area contributed by atoms with Gasteiger partial charge in [-0.25, -0.2) is 0 Å². The molecule has 1 aromatic carbocycles. The van der Waals surface area contributed by atoms with Crippen LogP contribution in [0.2, 0.25) is 0 Å². The number of benzene rings is 1. The van der Waals surface area contributed by atoms with Crippen molar-refractivity contribution in [3.63, 3.8) is 0 Å². The lowest BCUT2D eigenvalue weighted by Gasteiger charge is -2.05. The maximum Gasteiger partial charge on any atom is 0.322 e. The van der Waals surface area contributed by atoms with Gasteiger partial charge in [-0.1, -0.05) is 28.9 Å². The first kappa shape index (κ1) is 13.5. The van der Waals surface area contributed by atoms with Crippen molar-refractivity contribution in [1.82, 2.24) is 10.2 Å². The average Bonchev–Trinajstić information content (AvgIpc) is 3.08. The number of rotatable bonds is 3. The second-order valence-corrected chi connectivity index (χ2v) is 5.61. The van der Waals surface area contributed by atoms with E-state index in [-0.39, 0.29) is 11.9 Å². The van der Waals surface area contributed by atoms with Crippen molar-refractivity contribution in [3.8, 4) is 10.8 Å². The van der Waals surface area contributed by atoms with Crippen LogP contribution in [-0.4, -0.2) is 16.1 Å². The third-order valence-corrected chi connectivity index (χ3v) is 3.86. The third kappa shape index (κ3) is 2.85. The van der Waals surface area contributed by atoms with E-state index in [1.54, 1.807) is 6.07 Å². The predicted molar refractivity (Wildman–Crippen MR) is 81.5 cm³/mol. The quantitative estimate of drug-likeness (QED) is 0.801. The molecule has 0 fully saturated rings. The second-order valence-electron chi connectivity index (χ2n) is 4.66. The highest BCUT2D eigenvalue weighted by Gasteiger charge is 2.14. The molecule has 0 aliphatic heterocycles. The first-order valence-electron chi connectivity index (χ1n) is 6.39. The molecule has 3 aromatic rings. The Bertz CT molecular complexity index is 778. The van der Waals surface area contributed by atoms with E-state index in [4.69, 9.17) is 4.42 Å². The summed E-state index contributed by atoms with van der Waals surface area (Å²) in [5.41, 5.74) is 2.61. The lowest BCUT2D eigenvalue weighted by Crippen LogP contribution is -2.13. The van der Waals surface area contributed by atoms with Crippen LogP contribution in [0.5, 0.6) is 0 Å². The van der Waals surface area contributed by atoms with Crippen LogP contribution in [0, 0.1) is 13.8 Å². The molecule has 0 atom stereocenters. The van der Waals surface area contributed by atoms with Crippen molar-refractivity contribution in [1.29, 1.82) is 0 Å². The van der Waals surface area contributed by atoms with Crippen molar-refractivity contribution in [2.24, 2.45) is 0 Å². The van der Waals surface area contributed by atoms with Crippen LogP contribution in [0.15, 0.2) is 40.1 Å². The lowest BCUT2D eigenvalue weighted by atomic mass is 10.1. The summed E-state index contributed by atoms with van der Waals surface area (Å²) in [6, 6.07) is 9.53. The van der Waals surface area contributed by atoms with E-state index >= 15 is 0 Å². The van der Waals surface area contributed by atoms with Gasteiger partial charge in [0.25, 0.3) is 11.8 Å². The summed E-state index contributed by atoms with van der Waals surface area (Å²) in [6.07, 6.45) is 0. The van der Waals surface area contributed by atoms with E-state index in [0.29, 0.717) is 11.5 Å². The summed E-state index contributed by atoms with van der Waals surface area (Å²) in [6.45, 7) is 3.88. The SMILES string of the molecule is Cc1ccc(C(=O)Nc2nnc(-c3cccs3)o2)c(C)c1. The summed E-state index contributed by atoms with van der Waals surface area (Å²) in [5, 5.41) is 12.3. The molecule has 0 radical (unpaired) electrons. The number of carbonyl (C=O) groups is 1. The van der Waals surface area contributed by atoms with Crippen LogP contribution in [0.4, 0.5) is 6.01 Å². The molecule has 2 heterocycles. The van der Waals surface area contributed by atoms with Gasteiger partial charge >= 0.3 is 6.01 Å².